The van der Waals surface area contributed by atoms with E-state index in [9.17, 15) is 38.4 Å². The summed E-state index contributed by atoms with van der Waals surface area (Å²) >= 11 is 0. The van der Waals surface area contributed by atoms with E-state index in [-0.39, 0.29) is 19.1 Å². The Morgan fingerprint density at radius 2 is 1.26 bits per heavy atom. The van der Waals surface area contributed by atoms with Crippen LogP contribution < -0.4 is 16.0 Å². The van der Waals surface area contributed by atoms with E-state index in [0.717, 1.165) is 55.7 Å². The van der Waals surface area contributed by atoms with Crippen molar-refractivity contribution in [3.8, 4) is 11.1 Å². The number of rotatable bonds is 20. The van der Waals surface area contributed by atoms with E-state index in [0.29, 0.717) is 0 Å². The minimum Gasteiger partial charge on any atom is -0.467 e. The van der Waals surface area contributed by atoms with Gasteiger partial charge in [0, 0.05) is 26.7 Å². The predicted molar refractivity (Wildman–Crippen MR) is 227 cm³/mol. The minimum atomic E-state index is -1.84. The Morgan fingerprint density at radius 1 is 0.682 bits per heavy atom. The molecule has 20 heteroatoms. The van der Waals surface area contributed by atoms with Crippen LogP contribution in [-0.4, -0.2) is 124 Å². The van der Waals surface area contributed by atoms with Gasteiger partial charge in [-0.15, -0.1) is 0 Å². The zero-order chi connectivity index (χ0) is 47.9. The monoisotopic (exact) mass is 919 g/mol. The summed E-state index contributed by atoms with van der Waals surface area (Å²) in [4.78, 5) is 103. The summed E-state index contributed by atoms with van der Waals surface area (Å²) in [5.74, 6) is -7.28. The fourth-order valence-electron chi connectivity index (χ4n) is 7.31. The summed E-state index contributed by atoms with van der Waals surface area (Å²) in [6.45, 7) is 4.34. The van der Waals surface area contributed by atoms with Gasteiger partial charge in [0.1, 0.15) is 38.6 Å². The van der Waals surface area contributed by atoms with Gasteiger partial charge in [0.25, 0.3) is 0 Å². The average Bonchev–Trinajstić information content (AvgIpc) is 3.61. The molecule has 3 aromatic rings. The first kappa shape index (κ1) is 50.1. The van der Waals surface area contributed by atoms with Gasteiger partial charge in [-0.25, -0.2) is 14.4 Å². The molecule has 1 aliphatic heterocycles. The SMILES string of the molecule is COC(=O)[C@H]1O[C@@H](OC[C@H](NC(=O)[C@@H](NC(=O)OCC2c3ccccc3-c3ccccc32)C(C)C)C(=O)NCOCC(=O)OCc2ccccc2)[C@H](OC(C)=O)[C@@H](OC(C)=O)[C@@H]1OC(C)=O. The number of benzene rings is 3. The van der Waals surface area contributed by atoms with Crippen molar-refractivity contribution in [1.29, 1.82) is 0 Å². The number of amides is 3. The zero-order valence-corrected chi connectivity index (χ0v) is 37.2. The van der Waals surface area contributed by atoms with Crippen molar-refractivity contribution in [3.63, 3.8) is 0 Å². The Balaban J connectivity index is 1.32. The lowest BCUT2D eigenvalue weighted by Crippen LogP contribution is -2.64. The Bertz CT molecular complexity index is 2170. The van der Waals surface area contributed by atoms with E-state index in [2.05, 4.69) is 16.0 Å². The highest BCUT2D eigenvalue weighted by atomic mass is 16.7. The maximum atomic E-state index is 14.0. The molecule has 3 amide bonds. The second kappa shape index (κ2) is 23.9. The maximum Gasteiger partial charge on any atom is 0.407 e. The van der Waals surface area contributed by atoms with Gasteiger partial charge in [-0.2, -0.15) is 0 Å². The summed E-state index contributed by atoms with van der Waals surface area (Å²) < 4.78 is 48.8. The molecule has 1 heterocycles. The molecule has 20 nitrogen and oxygen atoms in total. The second-order valence-electron chi connectivity index (χ2n) is 15.4. The molecule has 354 valence electrons. The number of hydrogen-bond donors (Lipinski definition) is 3. The number of fused-ring (bicyclic) bond motifs is 3. The van der Waals surface area contributed by atoms with Gasteiger partial charge in [-0.3, -0.25) is 24.0 Å². The maximum absolute atomic E-state index is 14.0. The van der Waals surface area contributed by atoms with E-state index in [4.69, 9.17) is 42.6 Å². The third-order valence-electron chi connectivity index (χ3n) is 10.3. The van der Waals surface area contributed by atoms with Crippen molar-refractivity contribution in [2.24, 2.45) is 5.92 Å². The molecule has 0 saturated carbocycles. The average molecular weight is 920 g/mol. The lowest BCUT2D eigenvalue weighted by atomic mass is 9.97. The zero-order valence-electron chi connectivity index (χ0n) is 37.2. The van der Waals surface area contributed by atoms with Crippen molar-refractivity contribution < 1.29 is 81.0 Å². The van der Waals surface area contributed by atoms with E-state index < -0.39 is 116 Å². The van der Waals surface area contributed by atoms with Gasteiger partial charge in [0.05, 0.1) is 13.7 Å². The molecule has 0 radical (unpaired) electrons. The summed E-state index contributed by atoms with van der Waals surface area (Å²) in [5, 5.41) is 7.53. The van der Waals surface area contributed by atoms with Crippen LogP contribution in [0.1, 0.15) is 57.2 Å². The normalized spacial score (nSPS) is 19.4. The van der Waals surface area contributed by atoms with Crippen molar-refractivity contribution in [2.75, 3.05) is 33.7 Å². The third-order valence-corrected chi connectivity index (χ3v) is 10.3. The topological polar surface area (TPSA) is 256 Å². The minimum absolute atomic E-state index is 0.0176. The Labute approximate surface area is 380 Å². The van der Waals surface area contributed by atoms with E-state index in [1.54, 1.807) is 38.1 Å². The number of ether oxygens (including phenoxy) is 9. The van der Waals surface area contributed by atoms with Gasteiger partial charge >= 0.3 is 35.9 Å². The molecule has 0 bridgehead atoms. The fraction of sp³-hybridized carbons (Fsp3) is 0.435. The first-order valence-corrected chi connectivity index (χ1v) is 20.9. The van der Waals surface area contributed by atoms with Crippen LogP contribution in [0.3, 0.4) is 0 Å². The van der Waals surface area contributed by atoms with Crippen LogP contribution in [-0.2, 0) is 82.8 Å². The highest BCUT2D eigenvalue weighted by Crippen LogP contribution is 2.44. The molecule has 2 aliphatic rings. The van der Waals surface area contributed by atoms with Crippen LogP contribution in [0.15, 0.2) is 78.9 Å². The van der Waals surface area contributed by atoms with E-state index >= 15 is 0 Å². The van der Waals surface area contributed by atoms with Crippen LogP contribution in [0.2, 0.25) is 0 Å². The van der Waals surface area contributed by atoms with Gasteiger partial charge in [0.2, 0.25) is 11.8 Å². The smallest absolute Gasteiger partial charge is 0.407 e. The standard InChI is InChI=1S/C46H53N3O17/c1-25(2)37(49-46(57)62-21-34-32-18-12-10-16-30(32)31-17-11-13-19-33(31)34)43(55)48-35(42(54)47-24-59-23-36(53)60-20-29-14-8-7-9-15-29)22-61-45-41(65-28(5)52)39(64-27(4)51)38(63-26(3)50)40(66-45)44(56)58-6/h7-19,25,34-35,37-41,45H,20-24H2,1-6H3,(H,47,54)(H,48,55)(H,49,57)/t35-,37-,38-,39-,40-,41+,45+/m0/s1. The van der Waals surface area contributed by atoms with Gasteiger partial charge in [0.15, 0.2) is 30.7 Å². The predicted octanol–water partition coefficient (Wildman–Crippen LogP) is 2.58. The number of alkyl carbamates (subject to hydrolysis) is 1. The van der Waals surface area contributed by atoms with Crippen molar-refractivity contribution in [3.05, 3.63) is 95.6 Å². The van der Waals surface area contributed by atoms with Crippen LogP contribution >= 0.6 is 0 Å². The quantitative estimate of drug-likeness (QED) is 0.0637. The Morgan fingerprint density at radius 3 is 1.85 bits per heavy atom. The summed E-state index contributed by atoms with van der Waals surface area (Å²) in [5.41, 5.74) is 4.73. The Kier molecular flexibility index (Phi) is 18.1. The molecule has 1 fully saturated rings. The molecule has 5 rings (SSSR count). The number of nitrogens with one attached hydrogen (secondary N) is 3. The highest BCUT2D eigenvalue weighted by Gasteiger charge is 2.55. The van der Waals surface area contributed by atoms with E-state index in [1.807, 2.05) is 54.6 Å². The highest BCUT2D eigenvalue weighted by molar-refractivity contribution is 5.91. The first-order valence-electron chi connectivity index (χ1n) is 20.9. The number of esters is 5. The summed E-state index contributed by atoms with van der Waals surface area (Å²) in [7, 11) is 1.01. The first-order chi connectivity index (χ1) is 31.6. The molecular formula is C46H53N3O17. The van der Waals surface area contributed by atoms with Crippen LogP contribution in [0.5, 0.6) is 0 Å². The van der Waals surface area contributed by atoms with Crippen molar-refractivity contribution in [1.82, 2.24) is 16.0 Å². The molecule has 3 aromatic carbocycles. The lowest BCUT2D eigenvalue weighted by Gasteiger charge is -2.43. The number of methoxy groups -OCH3 is 1. The fourth-order valence-corrected chi connectivity index (χ4v) is 7.31. The lowest BCUT2D eigenvalue weighted by molar-refractivity contribution is -0.302. The van der Waals surface area contributed by atoms with Crippen LogP contribution in [0.4, 0.5) is 4.79 Å². The largest absolute Gasteiger partial charge is 0.467 e. The Hall–Kier alpha value is -6.90. The number of hydrogen-bond acceptors (Lipinski definition) is 17. The molecule has 7 atom stereocenters. The van der Waals surface area contributed by atoms with Gasteiger partial charge in [-0.1, -0.05) is 92.7 Å². The second-order valence-corrected chi connectivity index (χ2v) is 15.4. The molecule has 0 spiro atoms. The summed E-state index contributed by atoms with van der Waals surface area (Å²) in [6.07, 6.45) is -9.69. The molecule has 1 saturated heterocycles. The van der Waals surface area contributed by atoms with Gasteiger partial charge < -0.3 is 58.6 Å². The molecule has 0 aromatic heterocycles. The molecule has 3 N–H and O–H groups in total. The van der Waals surface area contributed by atoms with Gasteiger partial charge in [-0.05, 0) is 33.7 Å². The van der Waals surface area contributed by atoms with Crippen LogP contribution in [0.25, 0.3) is 11.1 Å². The molecule has 1 aliphatic carbocycles. The van der Waals surface area contributed by atoms with Crippen LogP contribution in [0, 0.1) is 5.92 Å². The third kappa shape index (κ3) is 13.6. The van der Waals surface area contributed by atoms with Crippen molar-refractivity contribution in [2.45, 2.75) is 89.9 Å². The summed E-state index contributed by atoms with van der Waals surface area (Å²) in [6, 6.07) is 21.5. The number of carbonyl (C=O) groups is 8. The van der Waals surface area contributed by atoms with E-state index in [1.165, 1.54) is 0 Å². The number of carbonyl (C=O) groups excluding carboxylic acids is 8. The van der Waals surface area contributed by atoms with Crippen molar-refractivity contribution >= 4 is 47.8 Å². The molecular weight excluding hydrogens is 867 g/mol. The molecule has 0 unspecified atom stereocenters. The molecule has 66 heavy (non-hydrogen) atoms.